The first-order chi connectivity index (χ1) is 12.6. The largest absolute Gasteiger partial charge is 0.488 e. The number of hydrogen-bond donors (Lipinski definition) is 0. The number of para-hydroxylation sites is 1. The summed E-state index contributed by atoms with van der Waals surface area (Å²) >= 11 is 3.37. The lowest BCUT2D eigenvalue weighted by Gasteiger charge is -2.11. The zero-order valence-corrected chi connectivity index (χ0v) is 15.4. The Balaban J connectivity index is 1.64. The van der Waals surface area contributed by atoms with Crippen LogP contribution in [0.3, 0.4) is 0 Å². The second-order valence-corrected chi connectivity index (χ2v) is 6.53. The standard InChI is InChI=1S/C21H16BrFO3/c22-17-9-5-15(6-10-17)14-26-21(24)19-3-1-2-4-20(19)25-13-16-7-11-18(23)12-8-16/h1-12H,13-14H2. The van der Waals surface area contributed by atoms with Crippen LogP contribution < -0.4 is 4.74 Å². The van der Waals surface area contributed by atoms with Crippen molar-refractivity contribution < 1.29 is 18.7 Å². The Morgan fingerprint density at radius 3 is 2.19 bits per heavy atom. The Morgan fingerprint density at radius 1 is 0.846 bits per heavy atom. The van der Waals surface area contributed by atoms with Gasteiger partial charge in [0.15, 0.2) is 0 Å². The molecule has 0 amide bonds. The fraction of sp³-hybridized carbons (Fsp3) is 0.0952. The van der Waals surface area contributed by atoms with Crippen LogP contribution in [0.25, 0.3) is 0 Å². The molecule has 3 aromatic carbocycles. The van der Waals surface area contributed by atoms with E-state index in [1.807, 2.05) is 24.3 Å². The van der Waals surface area contributed by atoms with E-state index in [4.69, 9.17) is 9.47 Å². The quantitative estimate of drug-likeness (QED) is 0.497. The molecule has 0 aliphatic rings. The summed E-state index contributed by atoms with van der Waals surface area (Å²) in [6.45, 7) is 0.412. The van der Waals surface area contributed by atoms with Crippen LogP contribution in [0, 0.1) is 5.82 Å². The highest BCUT2D eigenvalue weighted by Gasteiger charge is 2.14. The maximum absolute atomic E-state index is 13.0. The fourth-order valence-corrected chi connectivity index (χ4v) is 2.57. The van der Waals surface area contributed by atoms with Gasteiger partial charge in [0.1, 0.15) is 30.3 Å². The van der Waals surface area contributed by atoms with Gasteiger partial charge in [0.05, 0.1) is 0 Å². The van der Waals surface area contributed by atoms with E-state index >= 15 is 0 Å². The van der Waals surface area contributed by atoms with E-state index < -0.39 is 5.97 Å². The van der Waals surface area contributed by atoms with Crippen molar-refractivity contribution in [2.24, 2.45) is 0 Å². The summed E-state index contributed by atoms with van der Waals surface area (Å²) in [7, 11) is 0. The molecule has 0 aliphatic heterocycles. The average molecular weight is 415 g/mol. The molecule has 132 valence electrons. The molecule has 0 heterocycles. The number of carbonyl (C=O) groups is 1. The third-order valence-electron chi connectivity index (χ3n) is 3.70. The Morgan fingerprint density at radius 2 is 1.46 bits per heavy atom. The second kappa shape index (κ2) is 8.63. The first kappa shape index (κ1) is 18.1. The van der Waals surface area contributed by atoms with Gasteiger partial charge in [0, 0.05) is 4.47 Å². The van der Waals surface area contributed by atoms with E-state index in [0.29, 0.717) is 11.3 Å². The number of ether oxygens (including phenoxy) is 2. The summed E-state index contributed by atoms with van der Waals surface area (Å²) in [5, 5.41) is 0. The van der Waals surface area contributed by atoms with Gasteiger partial charge < -0.3 is 9.47 Å². The summed E-state index contributed by atoms with van der Waals surface area (Å²) in [6, 6.07) is 20.5. The molecular formula is C21H16BrFO3. The molecule has 0 spiro atoms. The lowest BCUT2D eigenvalue weighted by molar-refractivity contribution is 0.0467. The Kier molecular flexibility index (Phi) is 6.02. The molecule has 3 nitrogen and oxygen atoms in total. The zero-order valence-electron chi connectivity index (χ0n) is 13.8. The Labute approximate surface area is 159 Å². The molecule has 0 fully saturated rings. The van der Waals surface area contributed by atoms with Crippen molar-refractivity contribution in [3.8, 4) is 5.75 Å². The lowest BCUT2D eigenvalue weighted by atomic mass is 10.2. The van der Waals surface area contributed by atoms with Gasteiger partial charge in [-0.2, -0.15) is 0 Å². The highest BCUT2D eigenvalue weighted by atomic mass is 79.9. The molecule has 0 aliphatic carbocycles. The van der Waals surface area contributed by atoms with Crippen LogP contribution in [0.4, 0.5) is 4.39 Å². The monoisotopic (exact) mass is 414 g/mol. The predicted molar refractivity (Wildman–Crippen MR) is 100 cm³/mol. The molecule has 26 heavy (non-hydrogen) atoms. The van der Waals surface area contributed by atoms with Crippen LogP contribution in [0.2, 0.25) is 0 Å². The van der Waals surface area contributed by atoms with E-state index in [9.17, 15) is 9.18 Å². The van der Waals surface area contributed by atoms with Crippen LogP contribution in [0.1, 0.15) is 21.5 Å². The number of rotatable bonds is 6. The third-order valence-corrected chi connectivity index (χ3v) is 4.23. The minimum Gasteiger partial charge on any atom is -0.488 e. The highest BCUT2D eigenvalue weighted by molar-refractivity contribution is 9.10. The molecule has 0 saturated carbocycles. The zero-order chi connectivity index (χ0) is 18.4. The van der Waals surface area contributed by atoms with Crippen LogP contribution in [0.15, 0.2) is 77.3 Å². The van der Waals surface area contributed by atoms with Gasteiger partial charge in [0.25, 0.3) is 0 Å². The number of halogens is 2. The molecule has 5 heteroatoms. The van der Waals surface area contributed by atoms with Gasteiger partial charge in [0.2, 0.25) is 0 Å². The van der Waals surface area contributed by atoms with Crippen molar-refractivity contribution in [2.45, 2.75) is 13.2 Å². The van der Waals surface area contributed by atoms with Gasteiger partial charge >= 0.3 is 5.97 Å². The predicted octanol–water partition coefficient (Wildman–Crippen LogP) is 5.52. The Hall–Kier alpha value is -2.66. The molecule has 0 N–H and O–H groups in total. The molecule has 0 aromatic heterocycles. The van der Waals surface area contributed by atoms with E-state index in [-0.39, 0.29) is 19.0 Å². The van der Waals surface area contributed by atoms with Gasteiger partial charge in [-0.25, -0.2) is 9.18 Å². The van der Waals surface area contributed by atoms with Gasteiger partial charge in [-0.1, -0.05) is 52.3 Å². The summed E-state index contributed by atoms with van der Waals surface area (Å²) in [5.74, 6) is -0.328. The number of carbonyl (C=O) groups excluding carboxylic acids is 1. The summed E-state index contributed by atoms with van der Waals surface area (Å²) in [5.41, 5.74) is 2.06. The van der Waals surface area contributed by atoms with E-state index in [1.165, 1.54) is 12.1 Å². The molecule has 0 unspecified atom stereocenters. The third kappa shape index (κ3) is 4.92. The first-order valence-electron chi connectivity index (χ1n) is 7.99. The normalized spacial score (nSPS) is 10.4. The summed E-state index contributed by atoms with van der Waals surface area (Å²) in [6.07, 6.45) is 0. The molecule has 0 atom stereocenters. The van der Waals surface area contributed by atoms with E-state index in [1.54, 1.807) is 36.4 Å². The highest BCUT2D eigenvalue weighted by Crippen LogP contribution is 2.21. The van der Waals surface area contributed by atoms with Crippen LogP contribution in [-0.2, 0) is 18.0 Å². The lowest BCUT2D eigenvalue weighted by Crippen LogP contribution is -2.08. The van der Waals surface area contributed by atoms with Gasteiger partial charge in [-0.3, -0.25) is 0 Å². The average Bonchev–Trinajstić information content (AvgIpc) is 2.67. The molecule has 0 radical (unpaired) electrons. The number of esters is 1. The molecular weight excluding hydrogens is 399 g/mol. The van der Waals surface area contributed by atoms with Crippen molar-refractivity contribution in [1.82, 2.24) is 0 Å². The molecule has 0 bridgehead atoms. The summed E-state index contributed by atoms with van der Waals surface area (Å²) in [4.78, 5) is 12.4. The topological polar surface area (TPSA) is 35.5 Å². The van der Waals surface area contributed by atoms with E-state index in [0.717, 1.165) is 15.6 Å². The maximum atomic E-state index is 13.0. The number of hydrogen-bond acceptors (Lipinski definition) is 3. The molecule has 0 saturated heterocycles. The number of benzene rings is 3. The van der Waals surface area contributed by atoms with Crippen LogP contribution in [0.5, 0.6) is 5.75 Å². The smallest absolute Gasteiger partial charge is 0.342 e. The van der Waals surface area contributed by atoms with Gasteiger partial charge in [-0.05, 0) is 47.5 Å². The van der Waals surface area contributed by atoms with E-state index in [2.05, 4.69) is 15.9 Å². The van der Waals surface area contributed by atoms with Crippen molar-refractivity contribution in [3.63, 3.8) is 0 Å². The van der Waals surface area contributed by atoms with Crippen LogP contribution in [-0.4, -0.2) is 5.97 Å². The minimum absolute atomic E-state index is 0.179. The van der Waals surface area contributed by atoms with Gasteiger partial charge in [-0.15, -0.1) is 0 Å². The van der Waals surface area contributed by atoms with Crippen LogP contribution >= 0.6 is 15.9 Å². The SMILES string of the molecule is O=C(OCc1ccc(Br)cc1)c1ccccc1OCc1ccc(F)cc1. The molecule has 3 rings (SSSR count). The minimum atomic E-state index is -0.456. The van der Waals surface area contributed by atoms with Crippen molar-refractivity contribution >= 4 is 21.9 Å². The summed E-state index contributed by atoms with van der Waals surface area (Å²) < 4.78 is 25.0. The molecule has 3 aromatic rings. The maximum Gasteiger partial charge on any atom is 0.342 e. The van der Waals surface area contributed by atoms with Crippen molar-refractivity contribution in [2.75, 3.05) is 0 Å². The Bertz CT molecular complexity index is 877. The second-order valence-electron chi connectivity index (χ2n) is 5.61. The van der Waals surface area contributed by atoms with Crippen molar-refractivity contribution in [3.05, 3.63) is 99.8 Å². The fourth-order valence-electron chi connectivity index (χ4n) is 2.31. The first-order valence-corrected chi connectivity index (χ1v) is 8.79. The van der Waals surface area contributed by atoms with Crippen molar-refractivity contribution in [1.29, 1.82) is 0 Å².